The van der Waals surface area contributed by atoms with Gasteiger partial charge in [0.15, 0.2) is 5.76 Å². The summed E-state index contributed by atoms with van der Waals surface area (Å²) in [7, 11) is 1.60. The van der Waals surface area contributed by atoms with Gasteiger partial charge in [0, 0.05) is 20.2 Å². The summed E-state index contributed by atoms with van der Waals surface area (Å²) in [6.45, 7) is 5.06. The van der Waals surface area contributed by atoms with E-state index in [1.165, 1.54) is 0 Å². The van der Waals surface area contributed by atoms with Crippen molar-refractivity contribution in [3.8, 4) is 0 Å². The zero-order valence-electron chi connectivity index (χ0n) is 14.1. The molecule has 0 bridgehead atoms. The summed E-state index contributed by atoms with van der Waals surface area (Å²) in [6.07, 6.45) is -0.213. The van der Waals surface area contributed by atoms with Crippen molar-refractivity contribution in [2.24, 2.45) is 0 Å². The zero-order chi connectivity index (χ0) is 17.3. The molecule has 0 N–H and O–H groups in total. The Kier molecular flexibility index (Phi) is 4.43. The van der Waals surface area contributed by atoms with E-state index in [9.17, 15) is 9.59 Å². The number of nitrogens with zero attached hydrogens (tertiary/aromatic N) is 1. The lowest BCUT2D eigenvalue weighted by molar-refractivity contribution is -0.143. The summed E-state index contributed by atoms with van der Waals surface area (Å²) >= 11 is 0. The minimum absolute atomic E-state index is 0.0487. The second kappa shape index (κ2) is 6.37. The first-order valence-electron chi connectivity index (χ1n) is 7.88. The number of hydrogen-bond acceptors (Lipinski definition) is 5. The standard InChI is InChI=1S/C18H21NO5/c1-18(2)11-19(9-13(24-18)10-22-3)16(20)15-8-12-6-4-5-7-14(12)17(21)23-15/h4-8,13H,9-11H2,1-3H3. The van der Waals surface area contributed by atoms with Gasteiger partial charge in [-0.3, -0.25) is 4.79 Å². The molecule has 0 spiro atoms. The summed E-state index contributed by atoms with van der Waals surface area (Å²) < 4.78 is 16.3. The summed E-state index contributed by atoms with van der Waals surface area (Å²) in [5, 5.41) is 1.16. The highest BCUT2D eigenvalue weighted by molar-refractivity contribution is 5.95. The van der Waals surface area contributed by atoms with Crippen LogP contribution < -0.4 is 5.63 Å². The SMILES string of the molecule is COCC1CN(C(=O)c2cc3ccccc3c(=O)o2)CC(C)(C)O1. The van der Waals surface area contributed by atoms with Gasteiger partial charge < -0.3 is 18.8 Å². The molecule has 3 rings (SSSR count). The third-order valence-corrected chi connectivity index (χ3v) is 4.00. The number of benzene rings is 1. The van der Waals surface area contributed by atoms with Crippen molar-refractivity contribution < 1.29 is 18.7 Å². The van der Waals surface area contributed by atoms with E-state index < -0.39 is 11.2 Å². The minimum Gasteiger partial charge on any atom is -0.417 e. The fraction of sp³-hybridized carbons (Fsp3) is 0.444. The fourth-order valence-electron chi connectivity index (χ4n) is 3.12. The molecular weight excluding hydrogens is 310 g/mol. The van der Waals surface area contributed by atoms with Crippen LogP contribution in [0.3, 0.4) is 0 Å². The predicted molar refractivity (Wildman–Crippen MR) is 89.2 cm³/mol. The molecule has 1 amide bonds. The Labute approximate surface area is 140 Å². The number of amides is 1. The van der Waals surface area contributed by atoms with Gasteiger partial charge >= 0.3 is 5.63 Å². The molecule has 0 saturated carbocycles. The molecule has 1 unspecified atom stereocenters. The van der Waals surface area contributed by atoms with Gasteiger partial charge in [-0.05, 0) is 31.4 Å². The molecule has 1 saturated heterocycles. The van der Waals surface area contributed by atoms with Crippen molar-refractivity contribution >= 4 is 16.7 Å². The maximum atomic E-state index is 12.8. The van der Waals surface area contributed by atoms with Crippen LogP contribution in [0.2, 0.25) is 0 Å². The number of carbonyl (C=O) groups excluding carboxylic acids is 1. The second-order valence-electron chi connectivity index (χ2n) is 6.63. The van der Waals surface area contributed by atoms with E-state index >= 15 is 0 Å². The van der Waals surface area contributed by atoms with Crippen LogP contribution in [0.1, 0.15) is 24.4 Å². The highest BCUT2D eigenvalue weighted by Gasteiger charge is 2.36. The molecule has 2 aromatic rings. The van der Waals surface area contributed by atoms with Crippen LogP contribution in [-0.4, -0.2) is 49.3 Å². The van der Waals surface area contributed by atoms with Crippen molar-refractivity contribution in [2.75, 3.05) is 26.8 Å². The van der Waals surface area contributed by atoms with Crippen molar-refractivity contribution in [1.82, 2.24) is 4.90 Å². The van der Waals surface area contributed by atoms with Crippen LogP contribution in [0.15, 0.2) is 39.5 Å². The van der Waals surface area contributed by atoms with Crippen LogP contribution in [0.5, 0.6) is 0 Å². The average molecular weight is 331 g/mol. The van der Waals surface area contributed by atoms with Crippen LogP contribution in [0, 0.1) is 0 Å². The highest BCUT2D eigenvalue weighted by atomic mass is 16.5. The minimum atomic E-state index is -0.502. The number of hydrogen-bond donors (Lipinski definition) is 0. The number of fused-ring (bicyclic) bond motifs is 1. The van der Waals surface area contributed by atoms with Gasteiger partial charge in [0.25, 0.3) is 5.91 Å². The Balaban J connectivity index is 1.92. The van der Waals surface area contributed by atoms with Crippen molar-refractivity contribution in [1.29, 1.82) is 0 Å². The van der Waals surface area contributed by atoms with Gasteiger partial charge in [0.05, 0.1) is 23.7 Å². The van der Waals surface area contributed by atoms with Gasteiger partial charge in [-0.15, -0.1) is 0 Å². The van der Waals surface area contributed by atoms with Crippen LogP contribution in [0.25, 0.3) is 10.8 Å². The van der Waals surface area contributed by atoms with E-state index in [1.54, 1.807) is 36.3 Å². The molecule has 6 heteroatoms. The van der Waals surface area contributed by atoms with Crippen LogP contribution in [0.4, 0.5) is 0 Å². The lowest BCUT2D eigenvalue weighted by Gasteiger charge is -2.42. The molecule has 1 atom stereocenters. The molecule has 0 aliphatic carbocycles. The number of morpholine rings is 1. The highest BCUT2D eigenvalue weighted by Crippen LogP contribution is 2.23. The van der Waals surface area contributed by atoms with E-state index in [0.717, 1.165) is 0 Å². The molecule has 1 aromatic heterocycles. The Bertz CT molecular complexity index is 810. The first kappa shape index (κ1) is 16.7. The summed E-state index contributed by atoms with van der Waals surface area (Å²) in [5.74, 6) is -0.261. The van der Waals surface area contributed by atoms with E-state index in [0.29, 0.717) is 30.5 Å². The molecule has 1 aliphatic heterocycles. The lowest BCUT2D eigenvalue weighted by atomic mass is 10.0. The lowest BCUT2D eigenvalue weighted by Crippen LogP contribution is -2.55. The summed E-state index contributed by atoms with van der Waals surface area (Å²) in [4.78, 5) is 26.6. The number of carbonyl (C=O) groups is 1. The third kappa shape index (κ3) is 3.34. The second-order valence-corrected chi connectivity index (χ2v) is 6.63. The molecule has 1 aliphatic rings. The quantitative estimate of drug-likeness (QED) is 0.861. The smallest absolute Gasteiger partial charge is 0.344 e. The van der Waals surface area contributed by atoms with Gasteiger partial charge in [-0.25, -0.2) is 4.79 Å². The average Bonchev–Trinajstić information content (AvgIpc) is 2.53. The maximum Gasteiger partial charge on any atom is 0.344 e. The molecule has 2 heterocycles. The number of methoxy groups -OCH3 is 1. The monoisotopic (exact) mass is 331 g/mol. The Morgan fingerprint density at radius 3 is 2.88 bits per heavy atom. The Morgan fingerprint density at radius 2 is 2.12 bits per heavy atom. The summed E-state index contributed by atoms with van der Waals surface area (Å²) in [6, 6.07) is 8.68. The zero-order valence-corrected chi connectivity index (χ0v) is 14.1. The first-order valence-corrected chi connectivity index (χ1v) is 7.88. The van der Waals surface area contributed by atoms with Crippen LogP contribution >= 0.6 is 0 Å². The van der Waals surface area contributed by atoms with Crippen LogP contribution in [-0.2, 0) is 9.47 Å². The molecule has 24 heavy (non-hydrogen) atoms. The molecule has 128 valence electrons. The van der Waals surface area contributed by atoms with Crippen molar-refractivity contribution in [2.45, 2.75) is 25.6 Å². The number of rotatable bonds is 3. The van der Waals surface area contributed by atoms with Crippen molar-refractivity contribution in [3.63, 3.8) is 0 Å². The predicted octanol–water partition coefficient (Wildman–Crippen LogP) is 2.06. The van der Waals surface area contributed by atoms with Gasteiger partial charge in [-0.1, -0.05) is 18.2 Å². The molecule has 1 fully saturated rings. The Hall–Kier alpha value is -2.18. The summed E-state index contributed by atoms with van der Waals surface area (Å²) in [5.41, 5.74) is -0.994. The largest absolute Gasteiger partial charge is 0.417 e. The van der Waals surface area contributed by atoms with Gasteiger partial charge in [-0.2, -0.15) is 0 Å². The molecule has 6 nitrogen and oxygen atoms in total. The Morgan fingerprint density at radius 1 is 1.38 bits per heavy atom. The van der Waals surface area contributed by atoms with E-state index in [2.05, 4.69) is 0 Å². The van der Waals surface area contributed by atoms with Crippen molar-refractivity contribution in [3.05, 3.63) is 46.5 Å². The van der Waals surface area contributed by atoms with E-state index in [-0.39, 0.29) is 17.8 Å². The topological polar surface area (TPSA) is 69.0 Å². The molecule has 0 radical (unpaired) electrons. The van der Waals surface area contributed by atoms with E-state index in [4.69, 9.17) is 13.9 Å². The maximum absolute atomic E-state index is 12.8. The third-order valence-electron chi connectivity index (χ3n) is 4.00. The first-order chi connectivity index (χ1) is 11.4. The van der Waals surface area contributed by atoms with Gasteiger partial charge in [0.1, 0.15) is 0 Å². The molecular formula is C18H21NO5. The normalized spacial score (nSPS) is 20.3. The fourth-order valence-corrected chi connectivity index (χ4v) is 3.12. The van der Waals surface area contributed by atoms with Gasteiger partial charge in [0.2, 0.25) is 0 Å². The molecule has 1 aromatic carbocycles. The number of ether oxygens (including phenoxy) is 2. The van der Waals surface area contributed by atoms with E-state index in [1.807, 2.05) is 19.9 Å².